The molecule has 2 amide bonds. The molecule has 0 radical (unpaired) electrons. The van der Waals surface area contributed by atoms with E-state index in [9.17, 15) is 9.59 Å². The largest absolute Gasteiger partial charge is 0.369 e. The molecule has 1 aliphatic heterocycles. The van der Waals surface area contributed by atoms with Gasteiger partial charge in [0, 0.05) is 32.0 Å². The first kappa shape index (κ1) is 16.4. The molecule has 0 unspecified atom stereocenters. The van der Waals surface area contributed by atoms with Crippen LogP contribution in [0, 0.1) is 5.92 Å². The molecule has 0 aliphatic carbocycles. The number of nitrogens with zero attached hydrogens (tertiary/aromatic N) is 3. The van der Waals surface area contributed by atoms with Crippen LogP contribution in [0.1, 0.15) is 25.3 Å². The molecule has 1 atom stereocenters. The van der Waals surface area contributed by atoms with Crippen molar-refractivity contribution in [1.29, 1.82) is 0 Å². The first-order valence-corrected chi connectivity index (χ1v) is 7.78. The lowest BCUT2D eigenvalue weighted by atomic mass is 9.96. The van der Waals surface area contributed by atoms with Gasteiger partial charge in [-0.25, -0.2) is 0 Å². The third kappa shape index (κ3) is 4.53. The molecule has 0 aromatic carbocycles. The van der Waals surface area contributed by atoms with E-state index in [1.165, 1.54) is 0 Å². The van der Waals surface area contributed by atoms with Gasteiger partial charge in [0.15, 0.2) is 0 Å². The Morgan fingerprint density at radius 2 is 2.14 bits per heavy atom. The molecular weight excluding hydrogens is 280 g/mol. The smallest absolute Gasteiger partial charge is 0.231 e. The van der Waals surface area contributed by atoms with Gasteiger partial charge in [0.2, 0.25) is 11.8 Å². The van der Waals surface area contributed by atoms with Gasteiger partial charge in [-0.1, -0.05) is 0 Å². The minimum atomic E-state index is -0.336. The average Bonchev–Trinajstić information content (AvgIpc) is 2.52. The summed E-state index contributed by atoms with van der Waals surface area (Å²) in [7, 11) is 0. The van der Waals surface area contributed by atoms with Crippen molar-refractivity contribution in [2.24, 2.45) is 11.7 Å². The molecule has 0 saturated carbocycles. The normalized spacial score (nSPS) is 18.9. The Kier molecular flexibility index (Phi) is 5.89. The summed E-state index contributed by atoms with van der Waals surface area (Å²) >= 11 is 0. The highest BCUT2D eigenvalue weighted by Crippen LogP contribution is 2.19. The van der Waals surface area contributed by atoms with Gasteiger partial charge in [0.05, 0.1) is 12.5 Å². The molecule has 1 fully saturated rings. The zero-order chi connectivity index (χ0) is 15.9. The Labute approximate surface area is 131 Å². The van der Waals surface area contributed by atoms with Crippen LogP contribution in [0.4, 0.5) is 0 Å². The Morgan fingerprint density at radius 1 is 1.41 bits per heavy atom. The van der Waals surface area contributed by atoms with E-state index < -0.39 is 0 Å². The highest BCUT2D eigenvalue weighted by atomic mass is 16.2. The summed E-state index contributed by atoms with van der Waals surface area (Å²) < 4.78 is 0. The number of rotatable bonds is 6. The van der Waals surface area contributed by atoms with Crippen molar-refractivity contribution in [2.75, 3.05) is 26.2 Å². The molecule has 1 aromatic rings. The molecule has 1 saturated heterocycles. The molecule has 2 N–H and O–H groups in total. The van der Waals surface area contributed by atoms with E-state index in [4.69, 9.17) is 5.73 Å². The van der Waals surface area contributed by atoms with Gasteiger partial charge < -0.3 is 10.6 Å². The minimum absolute atomic E-state index is 0.0464. The van der Waals surface area contributed by atoms with Crippen LogP contribution in [0.3, 0.4) is 0 Å². The average molecular weight is 304 g/mol. The van der Waals surface area contributed by atoms with E-state index in [2.05, 4.69) is 4.98 Å². The summed E-state index contributed by atoms with van der Waals surface area (Å²) in [5.74, 6) is -0.222. The molecule has 0 spiro atoms. The third-order valence-corrected chi connectivity index (χ3v) is 4.05. The summed E-state index contributed by atoms with van der Waals surface area (Å²) in [6.45, 7) is 4.96. The fraction of sp³-hybridized carbons (Fsp3) is 0.562. The summed E-state index contributed by atoms with van der Waals surface area (Å²) in [5.41, 5.74) is 6.33. The predicted molar refractivity (Wildman–Crippen MR) is 83.7 cm³/mol. The maximum Gasteiger partial charge on any atom is 0.231 e. The van der Waals surface area contributed by atoms with E-state index in [-0.39, 0.29) is 24.3 Å². The van der Waals surface area contributed by atoms with Crippen LogP contribution >= 0.6 is 0 Å². The maximum atomic E-state index is 12.7. The third-order valence-electron chi connectivity index (χ3n) is 4.05. The molecule has 6 nitrogen and oxygen atoms in total. The second-order valence-electron chi connectivity index (χ2n) is 5.75. The number of carbonyl (C=O) groups excluding carboxylic acids is 2. The van der Waals surface area contributed by atoms with Crippen LogP contribution in [0.5, 0.6) is 0 Å². The van der Waals surface area contributed by atoms with E-state index >= 15 is 0 Å². The van der Waals surface area contributed by atoms with Crippen LogP contribution in [-0.4, -0.2) is 52.8 Å². The fourth-order valence-corrected chi connectivity index (χ4v) is 2.93. The molecule has 1 aliphatic rings. The van der Waals surface area contributed by atoms with Gasteiger partial charge in [-0.3, -0.25) is 19.5 Å². The SMILES string of the molecule is CCN(Cc1ccncc1)C(=O)[C@@H]1CCCN(CC(N)=O)C1. The summed E-state index contributed by atoms with van der Waals surface area (Å²) in [5, 5.41) is 0. The van der Waals surface area contributed by atoms with Gasteiger partial charge in [-0.05, 0) is 44.0 Å². The zero-order valence-corrected chi connectivity index (χ0v) is 13.1. The van der Waals surface area contributed by atoms with Crippen molar-refractivity contribution < 1.29 is 9.59 Å². The summed E-state index contributed by atoms with van der Waals surface area (Å²) in [4.78, 5) is 31.6. The van der Waals surface area contributed by atoms with Crippen molar-refractivity contribution in [3.63, 3.8) is 0 Å². The van der Waals surface area contributed by atoms with Crippen molar-refractivity contribution in [2.45, 2.75) is 26.3 Å². The number of hydrogen-bond donors (Lipinski definition) is 1. The fourth-order valence-electron chi connectivity index (χ4n) is 2.93. The molecule has 2 heterocycles. The molecule has 1 aromatic heterocycles. The predicted octanol–water partition coefficient (Wildman–Crippen LogP) is 0.627. The standard InChI is InChI=1S/C16H24N4O2/c1-2-20(10-13-5-7-18-8-6-13)16(22)14-4-3-9-19(11-14)12-15(17)21/h5-8,14H,2-4,9-12H2,1H3,(H2,17,21)/t14-/m1/s1. The van der Waals surface area contributed by atoms with Crippen LogP contribution in [0.2, 0.25) is 0 Å². The van der Waals surface area contributed by atoms with Gasteiger partial charge in [-0.2, -0.15) is 0 Å². The quantitative estimate of drug-likeness (QED) is 0.836. The highest BCUT2D eigenvalue weighted by molar-refractivity contribution is 5.79. The van der Waals surface area contributed by atoms with Gasteiger partial charge >= 0.3 is 0 Å². The van der Waals surface area contributed by atoms with Gasteiger partial charge in [-0.15, -0.1) is 0 Å². The van der Waals surface area contributed by atoms with Gasteiger partial charge in [0.1, 0.15) is 0 Å². The van der Waals surface area contributed by atoms with Crippen molar-refractivity contribution in [1.82, 2.24) is 14.8 Å². The van der Waals surface area contributed by atoms with Gasteiger partial charge in [0.25, 0.3) is 0 Å². The Bertz CT molecular complexity index is 506. The lowest BCUT2D eigenvalue weighted by molar-refractivity contribution is -0.138. The van der Waals surface area contributed by atoms with Crippen LogP contribution in [-0.2, 0) is 16.1 Å². The number of carbonyl (C=O) groups is 2. The van der Waals surface area contributed by atoms with E-state index in [1.54, 1.807) is 12.4 Å². The van der Waals surface area contributed by atoms with E-state index in [0.29, 0.717) is 19.6 Å². The molecular formula is C16H24N4O2. The maximum absolute atomic E-state index is 12.7. The molecule has 6 heteroatoms. The number of hydrogen-bond acceptors (Lipinski definition) is 4. The number of aromatic nitrogens is 1. The first-order chi connectivity index (χ1) is 10.6. The molecule has 2 rings (SSSR count). The van der Waals surface area contributed by atoms with E-state index in [1.807, 2.05) is 28.9 Å². The van der Waals surface area contributed by atoms with Crippen molar-refractivity contribution in [3.05, 3.63) is 30.1 Å². The second-order valence-corrected chi connectivity index (χ2v) is 5.75. The number of piperidine rings is 1. The Hall–Kier alpha value is -1.95. The van der Waals surface area contributed by atoms with Crippen LogP contribution in [0.15, 0.2) is 24.5 Å². The molecule has 0 bridgehead atoms. The van der Waals surface area contributed by atoms with E-state index in [0.717, 1.165) is 24.9 Å². The number of primary amides is 1. The van der Waals surface area contributed by atoms with Crippen LogP contribution in [0.25, 0.3) is 0 Å². The number of nitrogens with two attached hydrogens (primary N) is 1. The number of amides is 2. The zero-order valence-electron chi connectivity index (χ0n) is 13.1. The Morgan fingerprint density at radius 3 is 2.77 bits per heavy atom. The van der Waals surface area contributed by atoms with Crippen molar-refractivity contribution >= 4 is 11.8 Å². The van der Waals surface area contributed by atoms with Crippen molar-refractivity contribution in [3.8, 4) is 0 Å². The minimum Gasteiger partial charge on any atom is -0.369 e. The molecule has 22 heavy (non-hydrogen) atoms. The summed E-state index contributed by atoms with van der Waals surface area (Å²) in [6.07, 6.45) is 5.28. The Balaban J connectivity index is 1.97. The highest BCUT2D eigenvalue weighted by Gasteiger charge is 2.29. The number of likely N-dealkylation sites (tertiary alicyclic amines) is 1. The second kappa shape index (κ2) is 7.89. The lowest BCUT2D eigenvalue weighted by Gasteiger charge is -2.34. The number of pyridine rings is 1. The molecule has 120 valence electrons. The summed E-state index contributed by atoms with van der Waals surface area (Å²) in [6, 6.07) is 3.85. The lowest BCUT2D eigenvalue weighted by Crippen LogP contribution is -2.46. The van der Waals surface area contributed by atoms with Crippen LogP contribution < -0.4 is 5.73 Å². The first-order valence-electron chi connectivity index (χ1n) is 7.78. The monoisotopic (exact) mass is 304 g/mol. The topological polar surface area (TPSA) is 79.5 Å².